The SMILES string of the molecule is C=C[C@H](OCc1ccccc1)[C@@H](OCc1ccccc1)[C@H](OCc1ccccc1)[C@@H](CC(=O)OC)c1ccc(F)cc1. The number of ether oxygens (including phenoxy) is 4. The van der Waals surface area contributed by atoms with E-state index in [1.54, 1.807) is 18.2 Å². The van der Waals surface area contributed by atoms with Crippen LogP contribution in [0.5, 0.6) is 0 Å². The molecule has 4 aromatic rings. The summed E-state index contributed by atoms with van der Waals surface area (Å²) in [4.78, 5) is 12.7. The first kappa shape index (κ1) is 30.8. The summed E-state index contributed by atoms with van der Waals surface area (Å²) in [7, 11) is 1.35. The Hall–Kier alpha value is -4.10. The average molecular weight is 569 g/mol. The van der Waals surface area contributed by atoms with Gasteiger partial charge in [-0.1, -0.05) is 109 Å². The molecule has 0 radical (unpaired) electrons. The van der Waals surface area contributed by atoms with Crippen LogP contribution < -0.4 is 0 Å². The molecule has 0 aliphatic heterocycles. The van der Waals surface area contributed by atoms with Gasteiger partial charge in [0.05, 0.1) is 39.5 Å². The normalized spacial score (nSPS) is 14.0. The Kier molecular flexibility index (Phi) is 12.0. The molecule has 0 amide bonds. The topological polar surface area (TPSA) is 54.0 Å². The van der Waals surface area contributed by atoms with Crippen LogP contribution in [0.2, 0.25) is 0 Å². The van der Waals surface area contributed by atoms with Gasteiger partial charge in [-0.3, -0.25) is 4.79 Å². The van der Waals surface area contributed by atoms with Gasteiger partial charge in [-0.05, 0) is 34.4 Å². The third kappa shape index (κ3) is 9.21. The zero-order chi connectivity index (χ0) is 29.6. The number of methoxy groups -OCH3 is 1. The van der Waals surface area contributed by atoms with Gasteiger partial charge in [0.15, 0.2) is 0 Å². The summed E-state index contributed by atoms with van der Waals surface area (Å²) in [6.45, 7) is 4.94. The van der Waals surface area contributed by atoms with E-state index in [2.05, 4.69) is 6.58 Å². The second kappa shape index (κ2) is 16.4. The van der Waals surface area contributed by atoms with Gasteiger partial charge >= 0.3 is 5.97 Å². The number of benzene rings is 4. The highest BCUT2D eigenvalue weighted by molar-refractivity contribution is 5.70. The van der Waals surface area contributed by atoms with Crippen LogP contribution in [0.15, 0.2) is 128 Å². The van der Waals surface area contributed by atoms with Crippen LogP contribution in [-0.4, -0.2) is 31.4 Å². The van der Waals surface area contributed by atoms with Crippen molar-refractivity contribution in [3.63, 3.8) is 0 Å². The lowest BCUT2D eigenvalue weighted by Crippen LogP contribution is -2.45. The summed E-state index contributed by atoms with van der Waals surface area (Å²) in [6.07, 6.45) is -0.283. The predicted molar refractivity (Wildman–Crippen MR) is 161 cm³/mol. The average Bonchev–Trinajstić information content (AvgIpc) is 3.04. The predicted octanol–water partition coefficient (Wildman–Crippen LogP) is 7.41. The lowest BCUT2D eigenvalue weighted by Gasteiger charge is -2.37. The van der Waals surface area contributed by atoms with Crippen LogP contribution >= 0.6 is 0 Å². The van der Waals surface area contributed by atoms with Crippen LogP contribution in [-0.2, 0) is 43.6 Å². The van der Waals surface area contributed by atoms with Crippen LogP contribution in [0.25, 0.3) is 0 Å². The van der Waals surface area contributed by atoms with Gasteiger partial charge < -0.3 is 18.9 Å². The standard InChI is InChI=1S/C36H37FO5/c1-3-33(40-24-27-13-7-4-8-14-27)36(42-26-29-17-11-6-12-18-29)35(41-25-28-15-9-5-10-16-28)32(23-34(38)39-2)30-19-21-31(37)22-20-30/h3-22,32-33,35-36H,1,23-26H2,2H3/t32-,33-,35+,36+/m0/s1. The number of halogens is 1. The Morgan fingerprint density at radius 2 is 1.14 bits per heavy atom. The summed E-state index contributed by atoms with van der Waals surface area (Å²) in [5.41, 5.74) is 3.65. The summed E-state index contributed by atoms with van der Waals surface area (Å²) in [5.74, 6) is -1.32. The number of rotatable bonds is 16. The van der Waals surface area contributed by atoms with Gasteiger partial charge in [-0.2, -0.15) is 0 Å². The lowest BCUT2D eigenvalue weighted by molar-refractivity contribution is -0.154. The van der Waals surface area contributed by atoms with E-state index in [9.17, 15) is 9.18 Å². The van der Waals surface area contributed by atoms with Crippen LogP contribution in [0.1, 0.15) is 34.6 Å². The number of esters is 1. The Bertz CT molecular complexity index is 1350. The molecular weight excluding hydrogens is 531 g/mol. The van der Waals surface area contributed by atoms with Crippen molar-refractivity contribution in [2.45, 2.75) is 50.5 Å². The lowest BCUT2D eigenvalue weighted by atomic mass is 9.85. The van der Waals surface area contributed by atoms with Crippen molar-refractivity contribution in [3.05, 3.63) is 156 Å². The molecule has 0 fully saturated rings. The third-order valence-corrected chi connectivity index (χ3v) is 7.04. The molecule has 0 aliphatic carbocycles. The minimum Gasteiger partial charge on any atom is -0.469 e. The van der Waals surface area contributed by atoms with Crippen LogP contribution in [0.3, 0.4) is 0 Å². The van der Waals surface area contributed by atoms with Crippen molar-refractivity contribution in [3.8, 4) is 0 Å². The van der Waals surface area contributed by atoms with Gasteiger partial charge in [0.2, 0.25) is 0 Å². The smallest absolute Gasteiger partial charge is 0.306 e. The van der Waals surface area contributed by atoms with Gasteiger partial charge in [0.25, 0.3) is 0 Å². The third-order valence-electron chi connectivity index (χ3n) is 7.04. The molecular formula is C36H37FO5. The largest absolute Gasteiger partial charge is 0.469 e. The van der Waals surface area contributed by atoms with Crippen LogP contribution in [0.4, 0.5) is 4.39 Å². The van der Waals surface area contributed by atoms with Gasteiger partial charge in [0.1, 0.15) is 18.0 Å². The Balaban J connectivity index is 1.73. The summed E-state index contributed by atoms with van der Waals surface area (Å²) in [6, 6.07) is 35.5. The fourth-order valence-electron chi connectivity index (χ4n) is 4.81. The summed E-state index contributed by atoms with van der Waals surface area (Å²) in [5, 5.41) is 0. The minimum atomic E-state index is -0.697. The molecule has 4 atom stereocenters. The van der Waals surface area contributed by atoms with E-state index < -0.39 is 30.2 Å². The molecule has 4 rings (SSSR count). The Labute approximate surface area is 247 Å². The maximum Gasteiger partial charge on any atom is 0.306 e. The van der Waals surface area contributed by atoms with E-state index in [0.717, 1.165) is 22.3 Å². The Morgan fingerprint density at radius 3 is 1.60 bits per heavy atom. The first-order chi connectivity index (χ1) is 20.6. The molecule has 0 aliphatic rings. The molecule has 0 N–H and O–H groups in total. The molecule has 0 spiro atoms. The van der Waals surface area contributed by atoms with Gasteiger partial charge in [-0.15, -0.1) is 6.58 Å². The van der Waals surface area contributed by atoms with E-state index in [1.807, 2.05) is 91.0 Å². The Morgan fingerprint density at radius 1 is 0.690 bits per heavy atom. The van der Waals surface area contributed by atoms with Crippen molar-refractivity contribution in [2.24, 2.45) is 0 Å². The fraction of sp³-hybridized carbons (Fsp3) is 0.250. The van der Waals surface area contributed by atoms with E-state index in [0.29, 0.717) is 6.61 Å². The summed E-state index contributed by atoms with van der Waals surface area (Å²) < 4.78 is 38.7. The van der Waals surface area contributed by atoms with Crippen molar-refractivity contribution < 1.29 is 28.1 Å². The number of hydrogen-bond acceptors (Lipinski definition) is 5. The van der Waals surface area contributed by atoms with E-state index >= 15 is 0 Å². The van der Waals surface area contributed by atoms with Gasteiger partial charge in [0, 0.05) is 5.92 Å². The second-order valence-corrected chi connectivity index (χ2v) is 9.96. The molecule has 5 nitrogen and oxygen atoms in total. The van der Waals surface area contributed by atoms with Gasteiger partial charge in [-0.25, -0.2) is 4.39 Å². The van der Waals surface area contributed by atoms with Crippen molar-refractivity contribution >= 4 is 5.97 Å². The molecule has 0 heterocycles. The zero-order valence-corrected chi connectivity index (χ0v) is 23.8. The van der Waals surface area contributed by atoms with Crippen LogP contribution in [0, 0.1) is 5.82 Å². The summed E-state index contributed by atoms with van der Waals surface area (Å²) >= 11 is 0. The second-order valence-electron chi connectivity index (χ2n) is 9.96. The van der Waals surface area contributed by atoms with Crippen molar-refractivity contribution in [2.75, 3.05) is 7.11 Å². The molecule has 0 aromatic heterocycles. The van der Waals surface area contributed by atoms with E-state index in [1.165, 1.54) is 19.2 Å². The molecule has 0 saturated heterocycles. The molecule has 218 valence electrons. The molecule has 0 bridgehead atoms. The number of carbonyl (C=O) groups excluding carboxylic acids is 1. The van der Waals surface area contributed by atoms with Crippen molar-refractivity contribution in [1.82, 2.24) is 0 Å². The van der Waals surface area contributed by atoms with E-state index in [-0.39, 0.29) is 25.5 Å². The quantitative estimate of drug-likeness (QED) is 0.104. The number of hydrogen-bond donors (Lipinski definition) is 0. The first-order valence-corrected chi connectivity index (χ1v) is 14.0. The molecule has 4 aromatic carbocycles. The number of carbonyl (C=O) groups is 1. The highest BCUT2D eigenvalue weighted by Gasteiger charge is 2.38. The maximum atomic E-state index is 14.0. The fourth-order valence-corrected chi connectivity index (χ4v) is 4.81. The molecule has 0 unspecified atom stereocenters. The molecule has 0 saturated carbocycles. The maximum absolute atomic E-state index is 14.0. The highest BCUT2D eigenvalue weighted by atomic mass is 19.1. The minimum absolute atomic E-state index is 0.00463. The monoisotopic (exact) mass is 568 g/mol. The van der Waals surface area contributed by atoms with E-state index in [4.69, 9.17) is 18.9 Å². The molecule has 6 heteroatoms. The molecule has 42 heavy (non-hydrogen) atoms. The first-order valence-electron chi connectivity index (χ1n) is 14.0. The zero-order valence-electron chi connectivity index (χ0n) is 23.8. The van der Waals surface area contributed by atoms with Crippen molar-refractivity contribution in [1.29, 1.82) is 0 Å². The highest BCUT2D eigenvalue weighted by Crippen LogP contribution is 2.33.